The van der Waals surface area contributed by atoms with E-state index in [0.29, 0.717) is 12.0 Å². The second-order valence-corrected chi connectivity index (χ2v) is 8.26. The van der Waals surface area contributed by atoms with Crippen molar-refractivity contribution in [2.75, 3.05) is 24.5 Å². The van der Waals surface area contributed by atoms with Crippen LogP contribution in [-0.4, -0.2) is 45.3 Å². The molecule has 3 aromatic heterocycles. The molecule has 0 bridgehead atoms. The Morgan fingerprint density at radius 2 is 1.77 bits per heavy atom. The maximum atomic E-state index is 13.5. The molecule has 158 valence electrons. The molecule has 4 aromatic rings. The van der Waals surface area contributed by atoms with Gasteiger partial charge in [-0.25, -0.2) is 13.9 Å². The number of rotatable bonds is 4. The SMILES string of the molecule is CC(C)[C@@H]1CN(c2ccc3nc(-c4ccc(F)cc4)c(-c4ccncc4)n3n2)CCN1. The van der Waals surface area contributed by atoms with Gasteiger partial charge in [0.2, 0.25) is 0 Å². The Kier molecular flexibility index (Phi) is 5.11. The Morgan fingerprint density at radius 3 is 2.52 bits per heavy atom. The molecule has 0 aliphatic carbocycles. The van der Waals surface area contributed by atoms with Gasteiger partial charge in [-0.3, -0.25) is 4.98 Å². The molecule has 1 saturated heterocycles. The summed E-state index contributed by atoms with van der Waals surface area (Å²) in [5.41, 5.74) is 4.22. The summed E-state index contributed by atoms with van der Waals surface area (Å²) in [6, 6.07) is 14.8. The maximum Gasteiger partial charge on any atom is 0.155 e. The van der Waals surface area contributed by atoms with Crippen molar-refractivity contribution in [2.45, 2.75) is 19.9 Å². The Labute approximate surface area is 180 Å². The largest absolute Gasteiger partial charge is 0.352 e. The number of piperazine rings is 1. The van der Waals surface area contributed by atoms with Gasteiger partial charge in [0, 0.05) is 49.2 Å². The first-order valence-electron chi connectivity index (χ1n) is 10.6. The normalized spacial score (nSPS) is 16.9. The average Bonchev–Trinajstić information content (AvgIpc) is 3.19. The summed E-state index contributed by atoms with van der Waals surface area (Å²) in [7, 11) is 0. The molecule has 0 amide bonds. The summed E-state index contributed by atoms with van der Waals surface area (Å²) in [5, 5.41) is 8.59. The fourth-order valence-corrected chi connectivity index (χ4v) is 4.10. The summed E-state index contributed by atoms with van der Waals surface area (Å²) in [5.74, 6) is 1.21. The number of halogens is 1. The average molecular weight is 417 g/mol. The number of hydrogen-bond acceptors (Lipinski definition) is 5. The van der Waals surface area contributed by atoms with Crippen molar-refractivity contribution >= 4 is 11.5 Å². The fraction of sp³-hybridized carbons (Fsp3) is 0.292. The van der Waals surface area contributed by atoms with Crippen molar-refractivity contribution in [2.24, 2.45) is 5.92 Å². The van der Waals surface area contributed by atoms with Crippen LogP contribution in [-0.2, 0) is 0 Å². The highest BCUT2D eigenvalue weighted by Crippen LogP contribution is 2.33. The second-order valence-electron chi connectivity index (χ2n) is 8.26. The fourth-order valence-electron chi connectivity index (χ4n) is 4.10. The zero-order valence-corrected chi connectivity index (χ0v) is 17.7. The van der Waals surface area contributed by atoms with Crippen LogP contribution in [0.15, 0.2) is 60.9 Å². The number of nitrogens with zero attached hydrogens (tertiary/aromatic N) is 5. The highest BCUT2D eigenvalue weighted by Gasteiger charge is 2.24. The summed E-state index contributed by atoms with van der Waals surface area (Å²) < 4.78 is 15.4. The second kappa shape index (κ2) is 8.07. The number of aromatic nitrogens is 4. The minimum absolute atomic E-state index is 0.267. The van der Waals surface area contributed by atoms with E-state index in [4.69, 9.17) is 10.1 Å². The van der Waals surface area contributed by atoms with Crippen LogP contribution in [0.25, 0.3) is 28.2 Å². The lowest BCUT2D eigenvalue weighted by atomic mass is 10.0. The van der Waals surface area contributed by atoms with Crippen molar-refractivity contribution in [3.05, 3.63) is 66.7 Å². The van der Waals surface area contributed by atoms with Crippen molar-refractivity contribution in [1.29, 1.82) is 0 Å². The van der Waals surface area contributed by atoms with Gasteiger partial charge in [0.15, 0.2) is 5.65 Å². The van der Waals surface area contributed by atoms with Gasteiger partial charge in [0.05, 0.1) is 5.69 Å². The molecule has 1 N–H and O–H groups in total. The maximum absolute atomic E-state index is 13.5. The third kappa shape index (κ3) is 3.77. The third-order valence-corrected chi connectivity index (χ3v) is 5.87. The van der Waals surface area contributed by atoms with Crippen LogP contribution < -0.4 is 10.2 Å². The lowest BCUT2D eigenvalue weighted by molar-refractivity contribution is 0.367. The molecule has 31 heavy (non-hydrogen) atoms. The third-order valence-electron chi connectivity index (χ3n) is 5.87. The van der Waals surface area contributed by atoms with Gasteiger partial charge in [-0.1, -0.05) is 13.8 Å². The van der Waals surface area contributed by atoms with Crippen molar-refractivity contribution < 1.29 is 4.39 Å². The van der Waals surface area contributed by atoms with Crippen LogP contribution in [0.1, 0.15) is 13.8 Å². The number of anilines is 1. The Balaban J connectivity index is 1.64. The molecule has 7 heteroatoms. The minimum Gasteiger partial charge on any atom is -0.352 e. The molecule has 1 aliphatic rings. The summed E-state index contributed by atoms with van der Waals surface area (Å²) in [6.07, 6.45) is 3.52. The van der Waals surface area contributed by atoms with Crippen molar-refractivity contribution in [1.82, 2.24) is 24.9 Å². The molecular weight excluding hydrogens is 391 g/mol. The molecule has 0 saturated carbocycles. The molecule has 1 fully saturated rings. The molecule has 1 atom stereocenters. The molecule has 1 aromatic carbocycles. The highest BCUT2D eigenvalue weighted by atomic mass is 19.1. The predicted molar refractivity (Wildman–Crippen MR) is 120 cm³/mol. The first-order valence-corrected chi connectivity index (χ1v) is 10.6. The van der Waals surface area contributed by atoms with E-state index >= 15 is 0 Å². The van der Waals surface area contributed by atoms with Crippen LogP contribution in [0.3, 0.4) is 0 Å². The van der Waals surface area contributed by atoms with E-state index in [1.54, 1.807) is 24.5 Å². The van der Waals surface area contributed by atoms with Crippen LogP contribution in [0.4, 0.5) is 10.2 Å². The monoisotopic (exact) mass is 416 g/mol. The summed E-state index contributed by atoms with van der Waals surface area (Å²) >= 11 is 0. The number of imidazole rings is 1. The van der Waals surface area contributed by atoms with Crippen LogP contribution in [0, 0.1) is 11.7 Å². The molecule has 0 unspecified atom stereocenters. The highest BCUT2D eigenvalue weighted by molar-refractivity contribution is 5.81. The standard InChI is InChI=1S/C24H25FN6/c1-16(2)20-15-30(14-13-27-20)22-8-7-21-28-23(17-3-5-19(25)6-4-17)24(31(21)29-22)18-9-11-26-12-10-18/h3-12,16,20,27H,13-15H2,1-2H3/t20-/m0/s1. The molecule has 6 nitrogen and oxygen atoms in total. The molecule has 1 aliphatic heterocycles. The number of pyridine rings is 1. The number of nitrogens with one attached hydrogen (secondary N) is 1. The zero-order valence-electron chi connectivity index (χ0n) is 17.7. The summed E-state index contributed by atoms with van der Waals surface area (Å²) in [4.78, 5) is 11.3. The van der Waals surface area contributed by atoms with Crippen LogP contribution >= 0.6 is 0 Å². The van der Waals surface area contributed by atoms with Gasteiger partial charge in [-0.2, -0.15) is 0 Å². The van der Waals surface area contributed by atoms with E-state index < -0.39 is 0 Å². The van der Waals surface area contributed by atoms with E-state index in [9.17, 15) is 4.39 Å². The van der Waals surface area contributed by atoms with Crippen LogP contribution in [0.5, 0.6) is 0 Å². The van der Waals surface area contributed by atoms with E-state index in [1.807, 2.05) is 28.8 Å². The number of fused-ring (bicyclic) bond motifs is 1. The lowest BCUT2D eigenvalue weighted by Crippen LogP contribution is -2.53. The smallest absolute Gasteiger partial charge is 0.155 e. The first kappa shape index (κ1) is 19.6. The van der Waals surface area contributed by atoms with Gasteiger partial charge in [-0.05, 0) is 54.4 Å². The van der Waals surface area contributed by atoms with E-state index in [0.717, 1.165) is 53.6 Å². The predicted octanol–water partition coefficient (Wildman–Crippen LogP) is 4.03. The Bertz CT molecular complexity index is 1190. The zero-order chi connectivity index (χ0) is 21.4. The van der Waals surface area contributed by atoms with Crippen molar-refractivity contribution in [3.63, 3.8) is 0 Å². The van der Waals surface area contributed by atoms with E-state index in [1.165, 1.54) is 12.1 Å². The molecule has 4 heterocycles. The van der Waals surface area contributed by atoms with Gasteiger partial charge >= 0.3 is 0 Å². The molecule has 5 rings (SSSR count). The first-order chi connectivity index (χ1) is 15.1. The number of hydrogen-bond donors (Lipinski definition) is 1. The van der Waals surface area contributed by atoms with Gasteiger partial charge in [0.25, 0.3) is 0 Å². The number of benzene rings is 1. The van der Waals surface area contributed by atoms with E-state index in [2.05, 4.69) is 29.0 Å². The van der Waals surface area contributed by atoms with Crippen LogP contribution in [0.2, 0.25) is 0 Å². The Hall–Kier alpha value is -3.32. The molecule has 0 spiro atoms. The summed E-state index contributed by atoms with van der Waals surface area (Å²) in [6.45, 7) is 7.24. The van der Waals surface area contributed by atoms with Gasteiger partial charge in [0.1, 0.15) is 17.3 Å². The van der Waals surface area contributed by atoms with Crippen molar-refractivity contribution in [3.8, 4) is 22.5 Å². The molecular formula is C24H25FN6. The topological polar surface area (TPSA) is 58.4 Å². The van der Waals surface area contributed by atoms with Gasteiger partial charge < -0.3 is 10.2 Å². The Morgan fingerprint density at radius 1 is 1.00 bits per heavy atom. The van der Waals surface area contributed by atoms with E-state index in [-0.39, 0.29) is 5.82 Å². The minimum atomic E-state index is -0.267. The molecule has 0 radical (unpaired) electrons. The lowest BCUT2D eigenvalue weighted by Gasteiger charge is -2.36. The quantitative estimate of drug-likeness (QED) is 0.544. The van der Waals surface area contributed by atoms with Gasteiger partial charge in [-0.15, -0.1) is 5.10 Å².